The van der Waals surface area contributed by atoms with Gasteiger partial charge >= 0.3 is 0 Å². The number of hydrogen-bond acceptors (Lipinski definition) is 4. The molecule has 3 aromatic rings. The first-order valence-electron chi connectivity index (χ1n) is 9.82. The van der Waals surface area contributed by atoms with E-state index < -0.39 is 0 Å². The average molecular weight is 444 g/mol. The van der Waals surface area contributed by atoms with Crippen molar-refractivity contribution in [1.82, 2.24) is 14.5 Å². The molecule has 0 spiro atoms. The van der Waals surface area contributed by atoms with Crippen LogP contribution >= 0.6 is 23.2 Å². The van der Waals surface area contributed by atoms with Crippen LogP contribution in [0, 0.1) is 6.92 Å². The number of halogens is 2. The zero-order valence-electron chi connectivity index (χ0n) is 16.7. The Hall–Kier alpha value is -2.54. The molecule has 1 aromatic heterocycles. The van der Waals surface area contributed by atoms with E-state index in [1.807, 2.05) is 54.1 Å². The van der Waals surface area contributed by atoms with E-state index in [0.717, 1.165) is 49.1 Å². The van der Waals surface area contributed by atoms with E-state index >= 15 is 0 Å². The fourth-order valence-corrected chi connectivity index (χ4v) is 3.90. The third-order valence-corrected chi connectivity index (χ3v) is 5.83. The van der Waals surface area contributed by atoms with Crippen LogP contribution in [-0.4, -0.2) is 53.1 Å². The van der Waals surface area contributed by atoms with Crippen molar-refractivity contribution in [1.29, 1.82) is 0 Å². The minimum absolute atomic E-state index is 0.0382. The molecule has 1 amide bonds. The molecular weight excluding hydrogens is 421 g/mol. The fourth-order valence-electron chi connectivity index (χ4n) is 3.54. The molecule has 6 nitrogen and oxygen atoms in total. The molecule has 0 atom stereocenters. The summed E-state index contributed by atoms with van der Waals surface area (Å²) in [6, 6.07) is 13.3. The molecule has 2 heterocycles. The molecular formula is C22H23Cl2N5O. The smallest absolute Gasteiger partial charge is 0.238 e. The summed E-state index contributed by atoms with van der Waals surface area (Å²) in [6.07, 6.45) is 3.73. The Bertz CT molecular complexity index is 1040. The highest BCUT2D eigenvalue weighted by Gasteiger charge is 2.22. The number of nitrogens with one attached hydrogen (secondary N) is 1. The molecule has 8 heteroatoms. The highest BCUT2D eigenvalue weighted by Crippen LogP contribution is 2.22. The van der Waals surface area contributed by atoms with Crippen molar-refractivity contribution in [2.24, 2.45) is 0 Å². The van der Waals surface area contributed by atoms with Crippen LogP contribution in [0.3, 0.4) is 0 Å². The van der Waals surface area contributed by atoms with Crippen LogP contribution in [0.25, 0.3) is 5.69 Å². The molecule has 0 unspecified atom stereocenters. The van der Waals surface area contributed by atoms with Gasteiger partial charge in [0, 0.05) is 60.0 Å². The lowest BCUT2D eigenvalue weighted by Gasteiger charge is -2.35. The molecule has 0 radical (unpaired) electrons. The summed E-state index contributed by atoms with van der Waals surface area (Å²) in [5, 5.41) is 4.27. The van der Waals surface area contributed by atoms with Gasteiger partial charge in [0.25, 0.3) is 0 Å². The summed E-state index contributed by atoms with van der Waals surface area (Å²) in [5.41, 5.74) is 2.69. The van der Waals surface area contributed by atoms with Crippen molar-refractivity contribution in [3.8, 4) is 5.69 Å². The largest absolute Gasteiger partial charge is 0.339 e. The summed E-state index contributed by atoms with van der Waals surface area (Å²) in [7, 11) is 0. The van der Waals surface area contributed by atoms with E-state index in [-0.39, 0.29) is 5.91 Å². The summed E-state index contributed by atoms with van der Waals surface area (Å²) in [5.74, 6) is 0.847. The third-order valence-electron chi connectivity index (χ3n) is 5.19. The van der Waals surface area contributed by atoms with Gasteiger partial charge in [-0.15, -0.1) is 0 Å². The minimum Gasteiger partial charge on any atom is -0.339 e. The number of amides is 1. The maximum absolute atomic E-state index is 12.4. The van der Waals surface area contributed by atoms with E-state index in [0.29, 0.717) is 16.6 Å². The van der Waals surface area contributed by atoms with Crippen molar-refractivity contribution in [2.45, 2.75) is 6.92 Å². The molecule has 1 N–H and O–H groups in total. The molecule has 4 rings (SSSR count). The quantitative estimate of drug-likeness (QED) is 0.640. The number of anilines is 2. The monoisotopic (exact) mass is 443 g/mol. The second-order valence-electron chi connectivity index (χ2n) is 7.35. The van der Waals surface area contributed by atoms with Crippen LogP contribution in [0.15, 0.2) is 54.9 Å². The topological polar surface area (TPSA) is 53.4 Å². The van der Waals surface area contributed by atoms with Gasteiger partial charge in [0.1, 0.15) is 0 Å². The molecule has 0 saturated carbocycles. The van der Waals surface area contributed by atoms with Gasteiger partial charge in [-0.25, -0.2) is 4.98 Å². The molecule has 0 bridgehead atoms. The van der Waals surface area contributed by atoms with E-state index in [1.165, 1.54) is 0 Å². The Morgan fingerprint density at radius 2 is 1.90 bits per heavy atom. The van der Waals surface area contributed by atoms with Crippen molar-refractivity contribution in [3.63, 3.8) is 0 Å². The SMILES string of the molecule is Cc1ccc(NC(=O)CN2CCN(c3nccn3-c3cccc(Cl)c3)CC2)cc1Cl. The minimum atomic E-state index is -0.0382. The van der Waals surface area contributed by atoms with E-state index in [2.05, 4.69) is 20.1 Å². The van der Waals surface area contributed by atoms with Crippen LogP contribution in [0.2, 0.25) is 10.0 Å². The Morgan fingerprint density at radius 1 is 1.10 bits per heavy atom. The maximum Gasteiger partial charge on any atom is 0.238 e. The number of nitrogens with zero attached hydrogens (tertiary/aromatic N) is 4. The molecule has 1 aliphatic heterocycles. The van der Waals surface area contributed by atoms with Gasteiger partial charge in [-0.05, 0) is 42.8 Å². The molecule has 1 aliphatic rings. The second kappa shape index (κ2) is 9.08. The number of piperazine rings is 1. The van der Waals surface area contributed by atoms with Gasteiger partial charge in [-0.2, -0.15) is 0 Å². The van der Waals surface area contributed by atoms with Gasteiger partial charge in [-0.3, -0.25) is 14.3 Å². The first-order chi connectivity index (χ1) is 14.5. The van der Waals surface area contributed by atoms with Gasteiger partial charge in [0.2, 0.25) is 11.9 Å². The van der Waals surface area contributed by atoms with E-state index in [1.54, 1.807) is 12.3 Å². The first kappa shape index (κ1) is 20.7. The van der Waals surface area contributed by atoms with Crippen LogP contribution < -0.4 is 10.2 Å². The lowest BCUT2D eigenvalue weighted by atomic mass is 10.2. The highest BCUT2D eigenvalue weighted by molar-refractivity contribution is 6.31. The zero-order valence-corrected chi connectivity index (χ0v) is 18.2. The number of rotatable bonds is 5. The summed E-state index contributed by atoms with van der Waals surface area (Å²) >= 11 is 12.3. The van der Waals surface area contributed by atoms with Crippen molar-refractivity contribution >= 4 is 40.7 Å². The fraction of sp³-hybridized carbons (Fsp3) is 0.273. The lowest BCUT2D eigenvalue weighted by molar-refractivity contribution is -0.117. The lowest BCUT2D eigenvalue weighted by Crippen LogP contribution is -2.49. The standard InChI is InChI=1S/C22H23Cl2N5O/c1-16-5-6-18(14-20(16)24)26-21(30)15-27-9-11-28(12-10-27)22-25-7-8-29(22)19-4-2-3-17(23)13-19/h2-8,13-14H,9-12,15H2,1H3,(H,26,30). The summed E-state index contributed by atoms with van der Waals surface area (Å²) in [4.78, 5) is 21.3. The molecule has 156 valence electrons. The predicted molar refractivity (Wildman–Crippen MR) is 122 cm³/mol. The number of aryl methyl sites for hydroxylation is 1. The predicted octanol–water partition coefficient (Wildman–Crippen LogP) is 4.25. The molecule has 30 heavy (non-hydrogen) atoms. The number of imidazole rings is 1. The Kier molecular flexibility index (Phi) is 6.27. The number of benzene rings is 2. The zero-order chi connectivity index (χ0) is 21.1. The van der Waals surface area contributed by atoms with Crippen molar-refractivity contribution in [3.05, 3.63) is 70.5 Å². The summed E-state index contributed by atoms with van der Waals surface area (Å²) in [6.45, 7) is 5.44. The number of aromatic nitrogens is 2. The Balaban J connectivity index is 1.34. The molecule has 1 saturated heterocycles. The van der Waals surface area contributed by atoms with Crippen molar-refractivity contribution < 1.29 is 4.79 Å². The van der Waals surface area contributed by atoms with Crippen LogP contribution in [0.5, 0.6) is 0 Å². The van der Waals surface area contributed by atoms with Gasteiger partial charge < -0.3 is 10.2 Å². The average Bonchev–Trinajstić information content (AvgIpc) is 3.21. The van der Waals surface area contributed by atoms with E-state index in [9.17, 15) is 4.79 Å². The maximum atomic E-state index is 12.4. The molecule has 2 aromatic carbocycles. The van der Waals surface area contributed by atoms with E-state index in [4.69, 9.17) is 23.2 Å². The first-order valence-corrected chi connectivity index (χ1v) is 10.6. The van der Waals surface area contributed by atoms with Crippen LogP contribution in [0.1, 0.15) is 5.56 Å². The number of carbonyl (C=O) groups excluding carboxylic acids is 1. The Labute approximate surface area is 186 Å². The molecule has 1 fully saturated rings. The normalized spacial score (nSPS) is 14.7. The van der Waals surface area contributed by atoms with Crippen molar-refractivity contribution in [2.75, 3.05) is 42.9 Å². The van der Waals surface area contributed by atoms with Crippen LogP contribution in [-0.2, 0) is 4.79 Å². The molecule has 0 aliphatic carbocycles. The Morgan fingerprint density at radius 3 is 2.63 bits per heavy atom. The summed E-state index contributed by atoms with van der Waals surface area (Å²) < 4.78 is 2.04. The van der Waals surface area contributed by atoms with Gasteiger partial charge in [0.15, 0.2) is 0 Å². The van der Waals surface area contributed by atoms with Crippen LogP contribution in [0.4, 0.5) is 11.6 Å². The number of hydrogen-bond donors (Lipinski definition) is 1. The second-order valence-corrected chi connectivity index (χ2v) is 8.20. The van der Waals surface area contributed by atoms with Gasteiger partial charge in [-0.1, -0.05) is 35.3 Å². The number of carbonyl (C=O) groups is 1. The van der Waals surface area contributed by atoms with Gasteiger partial charge in [0.05, 0.1) is 6.54 Å². The highest BCUT2D eigenvalue weighted by atomic mass is 35.5. The third kappa shape index (κ3) is 4.78.